The van der Waals surface area contributed by atoms with Gasteiger partial charge in [-0.2, -0.15) is 0 Å². The van der Waals surface area contributed by atoms with Crippen molar-refractivity contribution in [1.29, 1.82) is 0 Å². The Morgan fingerprint density at radius 2 is 1.89 bits per heavy atom. The van der Waals surface area contributed by atoms with Gasteiger partial charge >= 0.3 is 0 Å². The number of benzene rings is 2. The molecule has 1 aliphatic carbocycles. The first kappa shape index (κ1) is 17.2. The highest BCUT2D eigenvalue weighted by Gasteiger charge is 2.42. The van der Waals surface area contributed by atoms with Crippen molar-refractivity contribution >= 4 is 17.1 Å². The van der Waals surface area contributed by atoms with Crippen molar-refractivity contribution < 1.29 is 9.85 Å². The molecule has 0 fully saturated rings. The summed E-state index contributed by atoms with van der Waals surface area (Å²) in [6.07, 6.45) is 5.04. The number of anilines is 1. The number of nitro groups is 2. The molecule has 1 N–H and O–H groups in total. The molecule has 4 rings (SSSR count). The maximum atomic E-state index is 11.7. The average molecular weight is 365 g/mol. The van der Waals surface area contributed by atoms with Gasteiger partial charge in [-0.15, -0.1) is 0 Å². The van der Waals surface area contributed by atoms with Gasteiger partial charge < -0.3 is 5.32 Å². The summed E-state index contributed by atoms with van der Waals surface area (Å²) in [6, 6.07) is 7.91. The second kappa shape index (κ2) is 6.19. The first-order chi connectivity index (χ1) is 12.9. The van der Waals surface area contributed by atoms with Crippen LogP contribution in [0.15, 0.2) is 42.5 Å². The van der Waals surface area contributed by atoms with E-state index in [1.54, 1.807) is 18.2 Å². The highest BCUT2D eigenvalue weighted by molar-refractivity contribution is 5.74. The first-order valence-corrected chi connectivity index (χ1v) is 8.84. The summed E-state index contributed by atoms with van der Waals surface area (Å²) in [7, 11) is 0. The predicted octanol–water partition coefficient (Wildman–Crippen LogP) is 4.95. The van der Waals surface area contributed by atoms with E-state index in [4.69, 9.17) is 0 Å². The fourth-order valence-electron chi connectivity index (χ4n) is 4.39. The number of nitrogens with zero attached hydrogens (tertiary/aromatic N) is 2. The molecule has 0 aromatic heterocycles. The third-order valence-corrected chi connectivity index (χ3v) is 5.79. The van der Waals surface area contributed by atoms with Crippen LogP contribution in [-0.4, -0.2) is 9.85 Å². The molecule has 2 aromatic rings. The maximum absolute atomic E-state index is 11.7. The smallest absolute Gasteiger partial charge is 0.292 e. The standard InChI is InChI=1S/C20H19N3O4/c1-11-9-17(23(26)27)20-18(12(11)2)15-7-4-8-16(15)19(21-20)13-5-3-6-14(10-13)22(24)25/h3-7,9-10,15-16,19,21H,8H2,1-2H3. The van der Waals surface area contributed by atoms with Gasteiger partial charge in [0.05, 0.1) is 15.9 Å². The average Bonchev–Trinajstić information content (AvgIpc) is 3.13. The van der Waals surface area contributed by atoms with Crippen molar-refractivity contribution in [3.8, 4) is 0 Å². The van der Waals surface area contributed by atoms with Crippen LogP contribution in [-0.2, 0) is 0 Å². The Balaban J connectivity index is 1.89. The molecular formula is C20H19N3O4. The van der Waals surface area contributed by atoms with Gasteiger partial charge in [0.2, 0.25) is 0 Å². The van der Waals surface area contributed by atoms with E-state index in [0.717, 1.165) is 28.7 Å². The minimum Gasteiger partial charge on any atom is -0.372 e. The van der Waals surface area contributed by atoms with Crippen LogP contribution < -0.4 is 5.32 Å². The molecule has 1 heterocycles. The van der Waals surface area contributed by atoms with Crippen molar-refractivity contribution in [2.24, 2.45) is 5.92 Å². The molecule has 2 aromatic carbocycles. The summed E-state index contributed by atoms with van der Waals surface area (Å²) in [6.45, 7) is 3.89. The lowest BCUT2D eigenvalue weighted by Gasteiger charge is -2.38. The Hall–Kier alpha value is -3.22. The highest BCUT2D eigenvalue weighted by Crippen LogP contribution is 2.53. The third-order valence-electron chi connectivity index (χ3n) is 5.79. The topological polar surface area (TPSA) is 98.3 Å². The normalized spacial score (nSPS) is 22.7. The van der Waals surface area contributed by atoms with Crippen LogP contribution >= 0.6 is 0 Å². The van der Waals surface area contributed by atoms with E-state index in [1.165, 1.54) is 6.07 Å². The van der Waals surface area contributed by atoms with E-state index in [0.29, 0.717) is 5.69 Å². The van der Waals surface area contributed by atoms with Crippen LogP contribution in [0.5, 0.6) is 0 Å². The summed E-state index contributed by atoms with van der Waals surface area (Å²) in [5.74, 6) is 0.226. The molecule has 0 bridgehead atoms. The molecule has 138 valence electrons. The van der Waals surface area contributed by atoms with Gasteiger partial charge in [0.15, 0.2) is 0 Å². The third kappa shape index (κ3) is 2.66. The van der Waals surface area contributed by atoms with E-state index in [9.17, 15) is 20.2 Å². The van der Waals surface area contributed by atoms with Crippen LogP contribution in [0.3, 0.4) is 0 Å². The number of hydrogen-bond donors (Lipinski definition) is 1. The summed E-state index contributed by atoms with van der Waals surface area (Å²) in [5.41, 5.74) is 4.33. The van der Waals surface area contributed by atoms with Crippen molar-refractivity contribution in [3.63, 3.8) is 0 Å². The largest absolute Gasteiger partial charge is 0.372 e. The van der Waals surface area contributed by atoms with E-state index >= 15 is 0 Å². The fraction of sp³-hybridized carbons (Fsp3) is 0.300. The number of rotatable bonds is 3. The fourth-order valence-corrected chi connectivity index (χ4v) is 4.39. The lowest BCUT2D eigenvalue weighted by atomic mass is 9.74. The quantitative estimate of drug-likeness (QED) is 0.471. The summed E-state index contributed by atoms with van der Waals surface area (Å²) >= 11 is 0. The molecular weight excluding hydrogens is 346 g/mol. The number of aryl methyl sites for hydroxylation is 1. The highest BCUT2D eigenvalue weighted by atomic mass is 16.6. The lowest BCUT2D eigenvalue weighted by Crippen LogP contribution is -2.30. The second-order valence-corrected chi connectivity index (χ2v) is 7.21. The Morgan fingerprint density at radius 1 is 1.11 bits per heavy atom. The number of non-ortho nitro benzene ring substituents is 1. The summed E-state index contributed by atoms with van der Waals surface area (Å²) in [4.78, 5) is 22.1. The van der Waals surface area contributed by atoms with Crippen LogP contribution in [0.2, 0.25) is 0 Å². The van der Waals surface area contributed by atoms with Gasteiger partial charge in [0, 0.05) is 24.1 Å². The summed E-state index contributed by atoms with van der Waals surface area (Å²) in [5, 5.41) is 26.2. The zero-order chi connectivity index (χ0) is 19.3. The van der Waals surface area contributed by atoms with Crippen molar-refractivity contribution in [3.05, 3.63) is 85.0 Å². The summed E-state index contributed by atoms with van der Waals surface area (Å²) < 4.78 is 0. The Kier molecular flexibility index (Phi) is 3.95. The molecule has 3 atom stereocenters. The number of hydrogen-bond acceptors (Lipinski definition) is 5. The molecule has 1 aliphatic heterocycles. The van der Waals surface area contributed by atoms with Crippen molar-refractivity contribution in [2.45, 2.75) is 32.2 Å². The van der Waals surface area contributed by atoms with Gasteiger partial charge in [0.25, 0.3) is 11.4 Å². The SMILES string of the molecule is Cc1cc([N+](=O)[O-])c2c(c1C)C1C=CCC1C(c1cccc([N+](=O)[O-])c1)N2. The Bertz CT molecular complexity index is 999. The number of allylic oxidation sites excluding steroid dienone is 2. The van der Waals surface area contributed by atoms with E-state index in [-0.39, 0.29) is 34.2 Å². The van der Waals surface area contributed by atoms with Gasteiger partial charge in [0.1, 0.15) is 5.69 Å². The molecule has 0 saturated heterocycles. The minimum atomic E-state index is -0.416. The van der Waals surface area contributed by atoms with Gasteiger partial charge in [-0.3, -0.25) is 20.2 Å². The maximum Gasteiger partial charge on any atom is 0.292 e. The molecule has 0 saturated carbocycles. The van der Waals surface area contributed by atoms with Crippen LogP contribution in [0.4, 0.5) is 17.1 Å². The van der Waals surface area contributed by atoms with Crippen molar-refractivity contribution in [1.82, 2.24) is 0 Å². The lowest BCUT2D eigenvalue weighted by molar-refractivity contribution is -0.384. The van der Waals surface area contributed by atoms with Crippen LogP contribution in [0.25, 0.3) is 0 Å². The monoisotopic (exact) mass is 365 g/mol. The van der Waals surface area contributed by atoms with Crippen LogP contribution in [0.1, 0.15) is 40.6 Å². The van der Waals surface area contributed by atoms with Gasteiger partial charge in [-0.05, 0) is 48.4 Å². The predicted molar refractivity (Wildman–Crippen MR) is 102 cm³/mol. The molecule has 0 amide bonds. The van der Waals surface area contributed by atoms with Crippen molar-refractivity contribution in [2.75, 3.05) is 5.32 Å². The Labute approximate surface area is 156 Å². The second-order valence-electron chi connectivity index (χ2n) is 7.21. The number of nitro benzene ring substituents is 2. The molecule has 0 radical (unpaired) electrons. The van der Waals surface area contributed by atoms with E-state index in [1.807, 2.05) is 19.9 Å². The zero-order valence-electron chi connectivity index (χ0n) is 15.0. The van der Waals surface area contributed by atoms with E-state index in [2.05, 4.69) is 17.5 Å². The molecule has 7 heteroatoms. The zero-order valence-corrected chi connectivity index (χ0v) is 15.0. The number of fused-ring (bicyclic) bond motifs is 3. The Morgan fingerprint density at radius 3 is 2.59 bits per heavy atom. The van der Waals surface area contributed by atoms with Gasteiger partial charge in [-0.25, -0.2) is 0 Å². The molecule has 7 nitrogen and oxygen atoms in total. The molecule has 2 aliphatic rings. The van der Waals surface area contributed by atoms with Gasteiger partial charge in [-0.1, -0.05) is 24.3 Å². The van der Waals surface area contributed by atoms with E-state index < -0.39 is 4.92 Å². The molecule has 0 spiro atoms. The molecule has 27 heavy (non-hydrogen) atoms. The first-order valence-electron chi connectivity index (χ1n) is 8.84. The number of nitrogens with one attached hydrogen (secondary N) is 1. The van der Waals surface area contributed by atoms with Crippen LogP contribution in [0, 0.1) is 40.0 Å². The molecule has 3 unspecified atom stereocenters. The minimum absolute atomic E-state index is 0.0252.